The minimum atomic E-state index is -1.08. The predicted molar refractivity (Wildman–Crippen MR) is 89.2 cm³/mol. The number of anilines is 1. The van der Waals surface area contributed by atoms with E-state index in [4.69, 9.17) is 5.11 Å². The molecule has 0 saturated heterocycles. The fraction of sp³-hybridized carbons (Fsp3) is 0.588. The van der Waals surface area contributed by atoms with Crippen molar-refractivity contribution >= 4 is 11.8 Å². The van der Waals surface area contributed by atoms with Gasteiger partial charge in [-0.2, -0.15) is 0 Å². The second-order valence-corrected chi connectivity index (χ2v) is 6.42. The number of carboxylic acid groups (broad SMARTS) is 1. The second kappa shape index (κ2) is 7.64. The summed E-state index contributed by atoms with van der Waals surface area (Å²) >= 11 is 0. The zero-order valence-corrected chi connectivity index (χ0v) is 14.2. The summed E-state index contributed by atoms with van der Waals surface area (Å²) in [6.45, 7) is 7.80. The lowest BCUT2D eigenvalue weighted by Crippen LogP contribution is -2.43. The Balaban J connectivity index is 2.87. The quantitative estimate of drug-likeness (QED) is 0.587. The highest BCUT2D eigenvalue weighted by atomic mass is 19.1. The van der Waals surface area contributed by atoms with Gasteiger partial charge in [-0.05, 0) is 51.3 Å². The molecular formula is C17H27FN2O3. The number of rotatable bonds is 8. The molecule has 0 aliphatic carbocycles. The first-order valence-corrected chi connectivity index (χ1v) is 7.91. The van der Waals surface area contributed by atoms with Crippen LogP contribution in [0.25, 0.3) is 0 Å². The molecule has 5 nitrogen and oxygen atoms in total. The Hall–Kier alpha value is -1.82. The molecule has 0 saturated carbocycles. The number of carbonyl (C=O) groups is 1. The summed E-state index contributed by atoms with van der Waals surface area (Å²) in [5.41, 5.74) is -0.459. The van der Waals surface area contributed by atoms with Gasteiger partial charge in [0.05, 0.1) is 5.60 Å². The monoisotopic (exact) mass is 326 g/mol. The van der Waals surface area contributed by atoms with Crippen molar-refractivity contribution in [2.45, 2.75) is 58.1 Å². The largest absolute Gasteiger partial charge is 0.465 e. The smallest absolute Gasteiger partial charge is 0.405 e. The molecule has 0 radical (unpaired) electrons. The van der Waals surface area contributed by atoms with Gasteiger partial charge in [0.25, 0.3) is 0 Å². The van der Waals surface area contributed by atoms with Crippen LogP contribution in [0.1, 0.15) is 52.5 Å². The first-order valence-electron chi connectivity index (χ1n) is 7.91. The summed E-state index contributed by atoms with van der Waals surface area (Å²) in [4.78, 5) is 10.7. The Morgan fingerprint density at radius 2 is 1.87 bits per heavy atom. The summed E-state index contributed by atoms with van der Waals surface area (Å²) in [6.07, 6.45) is 0.442. The van der Waals surface area contributed by atoms with Crippen LogP contribution in [0.3, 0.4) is 0 Å². The van der Waals surface area contributed by atoms with Crippen LogP contribution in [0.2, 0.25) is 0 Å². The van der Waals surface area contributed by atoms with Crippen molar-refractivity contribution in [3.05, 3.63) is 29.6 Å². The maximum atomic E-state index is 13.6. The van der Waals surface area contributed by atoms with E-state index in [1.807, 2.05) is 13.8 Å². The number of amides is 1. The highest BCUT2D eigenvalue weighted by molar-refractivity contribution is 5.65. The molecule has 6 heteroatoms. The van der Waals surface area contributed by atoms with Crippen molar-refractivity contribution in [2.75, 3.05) is 11.9 Å². The lowest BCUT2D eigenvalue weighted by Gasteiger charge is -2.29. The summed E-state index contributed by atoms with van der Waals surface area (Å²) in [6, 6.07) is 4.31. The molecule has 1 rings (SSSR count). The van der Waals surface area contributed by atoms with Crippen LogP contribution in [0.15, 0.2) is 18.2 Å². The second-order valence-electron chi connectivity index (χ2n) is 6.42. The van der Waals surface area contributed by atoms with Crippen LogP contribution < -0.4 is 10.6 Å². The van der Waals surface area contributed by atoms with Gasteiger partial charge >= 0.3 is 6.09 Å². The molecule has 0 aliphatic heterocycles. The third-order valence-electron chi connectivity index (χ3n) is 4.16. The lowest BCUT2D eigenvalue weighted by molar-refractivity contribution is 0.0288. The molecule has 0 bridgehead atoms. The normalized spacial score (nSPS) is 12.1. The summed E-state index contributed by atoms with van der Waals surface area (Å²) in [5.74, 6) is -0.390. The van der Waals surface area contributed by atoms with E-state index in [0.29, 0.717) is 37.1 Å². The van der Waals surface area contributed by atoms with E-state index in [9.17, 15) is 14.3 Å². The molecular weight excluding hydrogens is 299 g/mol. The first-order chi connectivity index (χ1) is 10.6. The van der Waals surface area contributed by atoms with Gasteiger partial charge in [-0.15, -0.1) is 0 Å². The fourth-order valence-electron chi connectivity index (χ4n) is 2.55. The van der Waals surface area contributed by atoms with E-state index in [1.54, 1.807) is 19.9 Å². The van der Waals surface area contributed by atoms with Crippen LogP contribution in [0.5, 0.6) is 0 Å². The van der Waals surface area contributed by atoms with Gasteiger partial charge in [0.15, 0.2) is 0 Å². The molecule has 0 unspecified atom stereocenters. The van der Waals surface area contributed by atoms with E-state index >= 15 is 0 Å². The molecule has 0 heterocycles. The van der Waals surface area contributed by atoms with E-state index in [-0.39, 0.29) is 0 Å². The van der Waals surface area contributed by atoms with Crippen molar-refractivity contribution in [3.63, 3.8) is 0 Å². The average Bonchev–Trinajstić information content (AvgIpc) is 2.46. The Morgan fingerprint density at radius 3 is 2.39 bits per heavy atom. The highest BCUT2D eigenvalue weighted by Crippen LogP contribution is 2.34. The zero-order chi connectivity index (χ0) is 17.7. The molecule has 1 amide bonds. The summed E-state index contributed by atoms with van der Waals surface area (Å²) in [7, 11) is 0. The van der Waals surface area contributed by atoms with Gasteiger partial charge in [-0.1, -0.05) is 13.8 Å². The van der Waals surface area contributed by atoms with Crippen LogP contribution in [0, 0.1) is 5.82 Å². The van der Waals surface area contributed by atoms with Crippen molar-refractivity contribution in [2.24, 2.45) is 0 Å². The summed E-state index contributed by atoms with van der Waals surface area (Å²) in [5, 5.41) is 25.1. The number of hydrogen-bond donors (Lipinski definition) is 4. The maximum absolute atomic E-state index is 13.6. The van der Waals surface area contributed by atoms with Gasteiger partial charge in [0.2, 0.25) is 0 Å². The summed E-state index contributed by atoms with van der Waals surface area (Å²) < 4.78 is 13.6. The van der Waals surface area contributed by atoms with Crippen molar-refractivity contribution in [3.8, 4) is 0 Å². The number of halogens is 1. The van der Waals surface area contributed by atoms with Crippen LogP contribution >= 0.6 is 0 Å². The minimum Gasteiger partial charge on any atom is -0.465 e. The van der Waals surface area contributed by atoms with Gasteiger partial charge in [0, 0.05) is 23.3 Å². The maximum Gasteiger partial charge on any atom is 0.405 e. The number of benzene rings is 1. The Kier molecular flexibility index (Phi) is 6.38. The number of aliphatic hydroxyl groups is 1. The van der Waals surface area contributed by atoms with Crippen LogP contribution in [0.4, 0.5) is 14.9 Å². The van der Waals surface area contributed by atoms with E-state index in [0.717, 1.165) is 0 Å². The molecule has 1 aromatic rings. The predicted octanol–water partition coefficient (Wildman–Crippen LogP) is 3.68. The SMILES string of the molecule is CCC(O)(CC)c1cc(F)ccc1NCCC(C)(C)NC(=O)O. The molecule has 4 N–H and O–H groups in total. The molecule has 0 aromatic heterocycles. The van der Waals surface area contributed by atoms with Crippen molar-refractivity contribution in [1.82, 2.24) is 5.32 Å². The molecule has 0 spiro atoms. The molecule has 130 valence electrons. The standard InChI is InChI=1S/C17H27FN2O3/c1-5-17(23,6-2)13-11-12(18)7-8-14(13)19-10-9-16(3,4)20-15(21)22/h7-8,11,19-20,23H,5-6,9-10H2,1-4H3,(H,21,22). The van der Waals surface area contributed by atoms with Gasteiger partial charge in [0.1, 0.15) is 5.82 Å². The van der Waals surface area contributed by atoms with Gasteiger partial charge in [-0.3, -0.25) is 0 Å². The Bertz CT molecular complexity index is 543. The van der Waals surface area contributed by atoms with Gasteiger partial charge < -0.3 is 20.8 Å². The van der Waals surface area contributed by atoms with Crippen LogP contribution in [-0.4, -0.2) is 28.4 Å². The molecule has 0 atom stereocenters. The fourth-order valence-corrected chi connectivity index (χ4v) is 2.55. The Morgan fingerprint density at radius 1 is 1.26 bits per heavy atom. The third kappa shape index (κ3) is 5.39. The van der Waals surface area contributed by atoms with Crippen LogP contribution in [-0.2, 0) is 5.60 Å². The van der Waals surface area contributed by atoms with E-state index < -0.39 is 23.1 Å². The minimum absolute atomic E-state index is 0.390. The average molecular weight is 326 g/mol. The highest BCUT2D eigenvalue weighted by Gasteiger charge is 2.28. The van der Waals surface area contributed by atoms with E-state index in [1.165, 1.54) is 12.1 Å². The van der Waals surface area contributed by atoms with E-state index in [2.05, 4.69) is 10.6 Å². The molecule has 23 heavy (non-hydrogen) atoms. The third-order valence-corrected chi connectivity index (χ3v) is 4.16. The lowest BCUT2D eigenvalue weighted by atomic mass is 9.87. The first kappa shape index (κ1) is 19.2. The van der Waals surface area contributed by atoms with Crippen molar-refractivity contribution in [1.29, 1.82) is 0 Å². The molecule has 0 aliphatic rings. The number of nitrogens with one attached hydrogen (secondary N) is 2. The Labute approximate surface area is 136 Å². The zero-order valence-electron chi connectivity index (χ0n) is 14.2. The van der Waals surface area contributed by atoms with Crippen molar-refractivity contribution < 1.29 is 19.4 Å². The molecule has 1 aromatic carbocycles. The molecule has 0 fully saturated rings. The topological polar surface area (TPSA) is 81.6 Å². The van der Waals surface area contributed by atoms with Gasteiger partial charge in [-0.25, -0.2) is 9.18 Å². The number of hydrogen-bond acceptors (Lipinski definition) is 3.